The molecule has 1 heterocycles. The summed E-state index contributed by atoms with van der Waals surface area (Å²) in [5.41, 5.74) is 1.89. The van der Waals surface area contributed by atoms with Crippen LogP contribution in [0.3, 0.4) is 0 Å². The molecular formula is C21H13ClN2O3. The minimum atomic E-state index is -0.415. The number of hydrogen-bond donors (Lipinski definition) is 0. The molecule has 6 heteroatoms. The van der Waals surface area contributed by atoms with Crippen molar-refractivity contribution in [1.29, 1.82) is 0 Å². The molecule has 0 N–H and O–H groups in total. The fourth-order valence-electron chi connectivity index (χ4n) is 2.50. The fraction of sp³-hybridized carbons (Fsp3) is 0. The predicted molar refractivity (Wildman–Crippen MR) is 102 cm³/mol. The lowest BCUT2D eigenvalue weighted by Crippen LogP contribution is -2.07. The molecule has 27 heavy (non-hydrogen) atoms. The van der Waals surface area contributed by atoms with Crippen molar-refractivity contribution in [2.45, 2.75) is 0 Å². The summed E-state index contributed by atoms with van der Waals surface area (Å²) in [6.07, 6.45) is 0. The Balaban J connectivity index is 1.51. The maximum Gasteiger partial charge on any atom is 0.343 e. The third-order valence-corrected chi connectivity index (χ3v) is 4.19. The van der Waals surface area contributed by atoms with Gasteiger partial charge in [-0.25, -0.2) is 4.79 Å². The van der Waals surface area contributed by atoms with E-state index < -0.39 is 5.97 Å². The number of nitrogens with zero attached hydrogens (tertiary/aromatic N) is 2. The summed E-state index contributed by atoms with van der Waals surface area (Å²) in [5, 5.41) is 4.53. The van der Waals surface area contributed by atoms with Gasteiger partial charge in [-0.05, 0) is 48.5 Å². The number of carbonyl (C=O) groups is 1. The summed E-state index contributed by atoms with van der Waals surface area (Å²) in [4.78, 5) is 16.5. The number of rotatable bonds is 4. The summed E-state index contributed by atoms with van der Waals surface area (Å²) >= 11 is 6.16. The van der Waals surface area contributed by atoms with Gasteiger partial charge in [-0.3, -0.25) is 0 Å². The van der Waals surface area contributed by atoms with Gasteiger partial charge in [0, 0.05) is 11.1 Å². The number of benzene rings is 3. The SMILES string of the molecule is O=C(Oc1ccc(-c2nc(-c3ccccc3Cl)no2)cc1)c1ccccc1. The molecule has 132 valence electrons. The van der Waals surface area contributed by atoms with E-state index >= 15 is 0 Å². The van der Waals surface area contributed by atoms with Crippen molar-refractivity contribution < 1.29 is 14.1 Å². The van der Waals surface area contributed by atoms with Gasteiger partial charge in [-0.2, -0.15) is 4.98 Å². The van der Waals surface area contributed by atoms with Crippen molar-refractivity contribution in [3.8, 4) is 28.6 Å². The third-order valence-electron chi connectivity index (χ3n) is 3.86. The minimum Gasteiger partial charge on any atom is -0.423 e. The zero-order valence-corrected chi connectivity index (χ0v) is 14.8. The zero-order valence-electron chi connectivity index (χ0n) is 14.0. The molecule has 4 rings (SSSR count). The molecule has 0 saturated carbocycles. The average Bonchev–Trinajstić information content (AvgIpc) is 3.19. The Morgan fingerprint density at radius 3 is 2.33 bits per heavy atom. The summed E-state index contributed by atoms with van der Waals surface area (Å²) in [6, 6.07) is 22.9. The second-order valence-corrected chi connectivity index (χ2v) is 6.09. The van der Waals surface area contributed by atoms with Crippen molar-refractivity contribution in [2.75, 3.05) is 0 Å². The van der Waals surface area contributed by atoms with E-state index in [1.165, 1.54) is 0 Å². The molecule has 0 spiro atoms. The Morgan fingerprint density at radius 1 is 0.889 bits per heavy atom. The highest BCUT2D eigenvalue weighted by Gasteiger charge is 2.13. The van der Waals surface area contributed by atoms with E-state index in [1.54, 1.807) is 54.6 Å². The number of aromatic nitrogens is 2. The normalized spacial score (nSPS) is 10.6. The van der Waals surface area contributed by atoms with E-state index in [-0.39, 0.29) is 0 Å². The lowest BCUT2D eigenvalue weighted by molar-refractivity contribution is 0.0735. The molecule has 0 aliphatic heterocycles. The summed E-state index contributed by atoms with van der Waals surface area (Å²) in [7, 11) is 0. The average molecular weight is 377 g/mol. The minimum absolute atomic E-state index is 0.353. The first-order chi connectivity index (χ1) is 13.2. The second-order valence-electron chi connectivity index (χ2n) is 5.68. The smallest absolute Gasteiger partial charge is 0.343 e. The van der Waals surface area contributed by atoms with Crippen LogP contribution in [0, 0.1) is 0 Å². The lowest BCUT2D eigenvalue weighted by atomic mass is 10.2. The molecule has 3 aromatic carbocycles. The van der Waals surface area contributed by atoms with E-state index in [1.807, 2.05) is 24.3 Å². The molecule has 0 atom stereocenters. The van der Waals surface area contributed by atoms with Crippen LogP contribution in [-0.2, 0) is 0 Å². The predicted octanol–water partition coefficient (Wildman–Crippen LogP) is 5.28. The van der Waals surface area contributed by atoms with Crippen molar-refractivity contribution in [3.05, 3.63) is 89.4 Å². The third kappa shape index (κ3) is 3.73. The molecule has 0 saturated heterocycles. The van der Waals surface area contributed by atoms with Crippen molar-refractivity contribution in [1.82, 2.24) is 10.1 Å². The van der Waals surface area contributed by atoms with Gasteiger partial charge in [0.15, 0.2) is 0 Å². The van der Waals surface area contributed by atoms with Crippen LogP contribution in [-0.4, -0.2) is 16.1 Å². The maximum absolute atomic E-state index is 12.1. The highest BCUT2D eigenvalue weighted by atomic mass is 35.5. The molecule has 0 unspecified atom stereocenters. The highest BCUT2D eigenvalue weighted by molar-refractivity contribution is 6.33. The van der Waals surface area contributed by atoms with Gasteiger partial charge in [0.2, 0.25) is 5.82 Å². The molecule has 1 aromatic heterocycles. The molecule has 5 nitrogen and oxygen atoms in total. The molecule has 4 aromatic rings. The van der Waals surface area contributed by atoms with Gasteiger partial charge < -0.3 is 9.26 Å². The second kappa shape index (κ2) is 7.43. The van der Waals surface area contributed by atoms with Gasteiger partial charge >= 0.3 is 5.97 Å². The van der Waals surface area contributed by atoms with Gasteiger partial charge in [0.1, 0.15) is 5.75 Å². The lowest BCUT2D eigenvalue weighted by Gasteiger charge is -2.04. The Labute approximate surface area is 160 Å². The summed E-state index contributed by atoms with van der Waals surface area (Å²) < 4.78 is 10.7. The van der Waals surface area contributed by atoms with Crippen LogP contribution < -0.4 is 4.74 Å². The van der Waals surface area contributed by atoms with E-state index in [4.69, 9.17) is 20.9 Å². The number of esters is 1. The van der Waals surface area contributed by atoms with Gasteiger partial charge in [-0.15, -0.1) is 0 Å². The molecule has 0 fully saturated rings. The van der Waals surface area contributed by atoms with E-state index in [0.717, 1.165) is 0 Å². The molecule has 0 bridgehead atoms. The van der Waals surface area contributed by atoms with E-state index in [2.05, 4.69) is 10.1 Å². The standard InChI is InChI=1S/C21H13ClN2O3/c22-18-9-5-4-8-17(18)19-23-20(27-24-19)14-10-12-16(13-11-14)26-21(25)15-6-2-1-3-7-15/h1-13H. The largest absolute Gasteiger partial charge is 0.423 e. The number of carbonyl (C=O) groups excluding carboxylic acids is 1. The van der Waals surface area contributed by atoms with Gasteiger partial charge in [0.05, 0.1) is 10.6 Å². The number of ether oxygens (including phenoxy) is 1. The first-order valence-electron chi connectivity index (χ1n) is 8.17. The van der Waals surface area contributed by atoms with E-state index in [0.29, 0.717) is 39.2 Å². The van der Waals surface area contributed by atoms with Crippen LogP contribution >= 0.6 is 11.6 Å². The molecule has 0 aliphatic rings. The van der Waals surface area contributed by atoms with Crippen LogP contribution in [0.1, 0.15) is 10.4 Å². The highest BCUT2D eigenvalue weighted by Crippen LogP contribution is 2.28. The number of hydrogen-bond acceptors (Lipinski definition) is 5. The Kier molecular flexibility index (Phi) is 4.68. The monoisotopic (exact) mass is 376 g/mol. The van der Waals surface area contributed by atoms with Gasteiger partial charge in [0.25, 0.3) is 5.89 Å². The van der Waals surface area contributed by atoms with Crippen LogP contribution in [0.4, 0.5) is 0 Å². The molecule has 0 amide bonds. The van der Waals surface area contributed by atoms with Crippen molar-refractivity contribution in [2.24, 2.45) is 0 Å². The number of halogens is 1. The van der Waals surface area contributed by atoms with Crippen LogP contribution in [0.5, 0.6) is 5.75 Å². The van der Waals surface area contributed by atoms with Crippen LogP contribution in [0.25, 0.3) is 22.8 Å². The molecular weight excluding hydrogens is 364 g/mol. The van der Waals surface area contributed by atoms with Crippen molar-refractivity contribution >= 4 is 17.6 Å². The maximum atomic E-state index is 12.1. The van der Waals surface area contributed by atoms with Crippen LogP contribution in [0.2, 0.25) is 5.02 Å². The van der Waals surface area contributed by atoms with Crippen LogP contribution in [0.15, 0.2) is 83.4 Å². The van der Waals surface area contributed by atoms with E-state index in [9.17, 15) is 4.79 Å². The molecule has 0 aliphatic carbocycles. The van der Waals surface area contributed by atoms with Crippen molar-refractivity contribution in [3.63, 3.8) is 0 Å². The van der Waals surface area contributed by atoms with Gasteiger partial charge in [-0.1, -0.05) is 47.1 Å². The first kappa shape index (κ1) is 17.0. The summed E-state index contributed by atoms with van der Waals surface area (Å²) in [6.45, 7) is 0. The topological polar surface area (TPSA) is 65.2 Å². The Hall–Kier alpha value is -3.44. The summed E-state index contributed by atoms with van der Waals surface area (Å²) in [5.74, 6) is 0.779. The quantitative estimate of drug-likeness (QED) is 0.358. The fourth-order valence-corrected chi connectivity index (χ4v) is 2.72. The Bertz CT molecular complexity index is 1080. The first-order valence-corrected chi connectivity index (χ1v) is 8.55. The molecule has 0 radical (unpaired) electrons. The Morgan fingerprint density at radius 2 is 1.59 bits per heavy atom. The zero-order chi connectivity index (χ0) is 18.6.